The first-order valence-electron chi connectivity index (χ1n) is 5.09. The molecule has 4 nitrogen and oxygen atoms in total. The van der Waals surface area contributed by atoms with Crippen molar-refractivity contribution in [2.24, 2.45) is 0 Å². The molecule has 0 spiro atoms. The van der Waals surface area contributed by atoms with Gasteiger partial charge >= 0.3 is 0 Å². The number of nitrogens with one attached hydrogen (secondary N) is 1. The van der Waals surface area contributed by atoms with Gasteiger partial charge in [-0.2, -0.15) is 0 Å². The molecule has 1 amide bonds. The lowest BCUT2D eigenvalue weighted by atomic mass is 10.2. The molecule has 0 aliphatic heterocycles. The number of hydrogen-bond acceptors (Lipinski definition) is 4. The highest BCUT2D eigenvalue weighted by molar-refractivity contribution is 7.07. The molecule has 2 rings (SSSR count). The van der Waals surface area contributed by atoms with Crippen molar-refractivity contribution in [2.45, 2.75) is 6.54 Å². The van der Waals surface area contributed by atoms with Gasteiger partial charge in [0.05, 0.1) is 12.6 Å². The lowest BCUT2D eigenvalue weighted by molar-refractivity contribution is 0.0946. The minimum atomic E-state index is -0.169. The van der Waals surface area contributed by atoms with Gasteiger partial charge in [-0.1, -0.05) is 18.2 Å². The molecule has 0 aliphatic rings. The zero-order valence-corrected chi connectivity index (χ0v) is 10.2. The third kappa shape index (κ3) is 2.82. The number of carbonyl (C=O) groups is 1. The highest BCUT2D eigenvalue weighted by atomic mass is 32.1. The van der Waals surface area contributed by atoms with E-state index >= 15 is 0 Å². The Hall–Kier alpha value is -1.88. The highest BCUT2D eigenvalue weighted by Crippen LogP contribution is 2.16. The van der Waals surface area contributed by atoms with Gasteiger partial charge in [0.15, 0.2) is 0 Å². The van der Waals surface area contributed by atoms with Crippen LogP contribution in [0.3, 0.4) is 0 Å². The molecule has 17 heavy (non-hydrogen) atoms. The van der Waals surface area contributed by atoms with Crippen LogP contribution in [-0.4, -0.2) is 18.0 Å². The van der Waals surface area contributed by atoms with E-state index in [1.54, 1.807) is 18.0 Å². The van der Waals surface area contributed by atoms with Crippen molar-refractivity contribution in [1.29, 1.82) is 0 Å². The smallest absolute Gasteiger partial charge is 0.271 e. The number of amides is 1. The predicted octanol–water partition coefficient (Wildman–Crippen LogP) is 2.08. The number of para-hydroxylation sites is 1. The monoisotopic (exact) mass is 248 g/mol. The number of carbonyl (C=O) groups excluding carboxylic acids is 1. The Morgan fingerprint density at radius 1 is 1.47 bits per heavy atom. The summed E-state index contributed by atoms with van der Waals surface area (Å²) in [7, 11) is 1.61. The maximum absolute atomic E-state index is 11.7. The van der Waals surface area contributed by atoms with Crippen molar-refractivity contribution in [3.63, 3.8) is 0 Å². The normalized spacial score (nSPS) is 9.94. The van der Waals surface area contributed by atoms with Gasteiger partial charge in [-0.15, -0.1) is 11.3 Å². The van der Waals surface area contributed by atoms with Crippen LogP contribution in [0, 0.1) is 0 Å². The molecule has 0 unspecified atom stereocenters. The summed E-state index contributed by atoms with van der Waals surface area (Å²) < 4.78 is 5.20. The van der Waals surface area contributed by atoms with Crippen molar-refractivity contribution in [1.82, 2.24) is 10.3 Å². The second-order valence-corrected chi connectivity index (χ2v) is 4.09. The Balaban J connectivity index is 2.00. The minimum Gasteiger partial charge on any atom is -0.496 e. The zero-order valence-electron chi connectivity index (χ0n) is 9.34. The minimum absolute atomic E-state index is 0.169. The molecule has 0 saturated heterocycles. The van der Waals surface area contributed by atoms with E-state index in [4.69, 9.17) is 4.74 Å². The van der Waals surface area contributed by atoms with E-state index in [1.165, 1.54) is 11.3 Å². The molecule has 1 aromatic heterocycles. The Morgan fingerprint density at radius 2 is 2.29 bits per heavy atom. The first-order valence-corrected chi connectivity index (χ1v) is 6.04. The number of hydrogen-bond donors (Lipinski definition) is 1. The molecule has 1 N–H and O–H groups in total. The summed E-state index contributed by atoms with van der Waals surface area (Å²) in [4.78, 5) is 15.6. The molecular formula is C12H12N2O2S. The van der Waals surface area contributed by atoms with E-state index in [0.717, 1.165) is 11.3 Å². The highest BCUT2D eigenvalue weighted by Gasteiger charge is 2.08. The number of thiazole rings is 1. The Morgan fingerprint density at radius 3 is 3.00 bits per heavy atom. The summed E-state index contributed by atoms with van der Waals surface area (Å²) >= 11 is 1.40. The lowest BCUT2D eigenvalue weighted by Gasteiger charge is -2.08. The molecule has 0 fully saturated rings. The largest absolute Gasteiger partial charge is 0.496 e. The molecule has 0 radical (unpaired) electrons. The van der Waals surface area contributed by atoms with Crippen LogP contribution < -0.4 is 10.1 Å². The summed E-state index contributed by atoms with van der Waals surface area (Å²) in [6, 6.07) is 7.59. The van der Waals surface area contributed by atoms with Crippen LogP contribution in [0.1, 0.15) is 16.1 Å². The van der Waals surface area contributed by atoms with Crippen molar-refractivity contribution in [2.75, 3.05) is 7.11 Å². The summed E-state index contributed by atoms with van der Waals surface area (Å²) in [5.74, 6) is 0.600. The molecule has 1 aromatic carbocycles. The second-order valence-electron chi connectivity index (χ2n) is 3.37. The Bertz CT molecular complexity index is 497. The van der Waals surface area contributed by atoms with E-state index in [9.17, 15) is 4.79 Å². The van der Waals surface area contributed by atoms with Crippen molar-refractivity contribution >= 4 is 17.2 Å². The van der Waals surface area contributed by atoms with E-state index in [0.29, 0.717) is 12.2 Å². The molecule has 0 saturated carbocycles. The van der Waals surface area contributed by atoms with Crippen LogP contribution in [0.5, 0.6) is 5.75 Å². The van der Waals surface area contributed by atoms with Gasteiger partial charge in [0, 0.05) is 17.5 Å². The third-order valence-corrected chi connectivity index (χ3v) is 2.88. The van der Waals surface area contributed by atoms with Crippen molar-refractivity contribution in [3.05, 3.63) is 46.4 Å². The fraction of sp³-hybridized carbons (Fsp3) is 0.167. The Kier molecular flexibility index (Phi) is 3.72. The number of benzene rings is 1. The molecule has 5 heteroatoms. The topological polar surface area (TPSA) is 51.2 Å². The predicted molar refractivity (Wildman–Crippen MR) is 66.3 cm³/mol. The average Bonchev–Trinajstić information content (AvgIpc) is 2.90. The first-order chi connectivity index (χ1) is 8.31. The molecule has 0 aliphatic carbocycles. The lowest BCUT2D eigenvalue weighted by Crippen LogP contribution is -2.23. The van der Waals surface area contributed by atoms with Gasteiger partial charge in [-0.3, -0.25) is 4.79 Å². The second kappa shape index (κ2) is 5.45. The fourth-order valence-electron chi connectivity index (χ4n) is 1.44. The van der Waals surface area contributed by atoms with Gasteiger partial charge in [-0.05, 0) is 6.07 Å². The van der Waals surface area contributed by atoms with E-state index < -0.39 is 0 Å². The maximum Gasteiger partial charge on any atom is 0.271 e. The number of methoxy groups -OCH3 is 1. The molecule has 88 valence electrons. The summed E-state index contributed by atoms with van der Waals surface area (Å²) in [6.45, 7) is 0.431. The van der Waals surface area contributed by atoms with E-state index in [2.05, 4.69) is 10.3 Å². The number of nitrogens with zero attached hydrogens (tertiary/aromatic N) is 1. The fourth-order valence-corrected chi connectivity index (χ4v) is 1.97. The number of aromatic nitrogens is 1. The molecular weight excluding hydrogens is 236 g/mol. The van der Waals surface area contributed by atoms with Gasteiger partial charge in [0.1, 0.15) is 11.4 Å². The average molecular weight is 248 g/mol. The maximum atomic E-state index is 11.7. The molecule has 0 atom stereocenters. The van der Waals surface area contributed by atoms with Crippen LogP contribution in [0.2, 0.25) is 0 Å². The molecule has 2 aromatic rings. The van der Waals surface area contributed by atoms with Gasteiger partial charge in [0.25, 0.3) is 5.91 Å². The summed E-state index contributed by atoms with van der Waals surface area (Å²) in [5.41, 5.74) is 3.03. The number of rotatable bonds is 4. The van der Waals surface area contributed by atoms with Gasteiger partial charge in [-0.25, -0.2) is 4.98 Å². The van der Waals surface area contributed by atoms with Gasteiger partial charge in [0.2, 0.25) is 0 Å². The van der Waals surface area contributed by atoms with Crippen molar-refractivity contribution in [3.8, 4) is 5.75 Å². The quantitative estimate of drug-likeness (QED) is 0.901. The molecule has 0 bridgehead atoms. The molecule has 1 heterocycles. The number of ether oxygens (including phenoxy) is 1. The van der Waals surface area contributed by atoms with Crippen LogP contribution in [0.25, 0.3) is 0 Å². The standard InChI is InChI=1S/C12H12N2O2S/c1-16-11-5-3-2-4-9(11)6-13-12(15)10-7-17-8-14-10/h2-5,7-8H,6H2,1H3,(H,13,15). The third-order valence-electron chi connectivity index (χ3n) is 2.30. The van der Waals surface area contributed by atoms with Crippen LogP contribution in [0.4, 0.5) is 0 Å². The van der Waals surface area contributed by atoms with Crippen molar-refractivity contribution < 1.29 is 9.53 Å². The Labute approximate surface area is 103 Å². The first kappa shape index (κ1) is 11.6. The SMILES string of the molecule is COc1ccccc1CNC(=O)c1cscn1. The van der Waals surface area contributed by atoms with Crippen LogP contribution in [0.15, 0.2) is 35.2 Å². The van der Waals surface area contributed by atoms with Gasteiger partial charge < -0.3 is 10.1 Å². The van der Waals surface area contributed by atoms with E-state index in [-0.39, 0.29) is 5.91 Å². The van der Waals surface area contributed by atoms with Crippen LogP contribution >= 0.6 is 11.3 Å². The van der Waals surface area contributed by atoms with E-state index in [1.807, 2.05) is 24.3 Å². The zero-order chi connectivity index (χ0) is 12.1. The summed E-state index contributed by atoms with van der Waals surface area (Å²) in [5, 5.41) is 4.52. The summed E-state index contributed by atoms with van der Waals surface area (Å²) in [6.07, 6.45) is 0. The van der Waals surface area contributed by atoms with Crippen LogP contribution in [-0.2, 0) is 6.54 Å².